The minimum absolute atomic E-state index is 0.218. The van der Waals surface area contributed by atoms with Crippen LogP contribution in [0.2, 0.25) is 5.02 Å². The summed E-state index contributed by atoms with van der Waals surface area (Å²) in [5.74, 6) is 1.93. The maximum atomic E-state index is 13.3. The average Bonchev–Trinajstić information content (AvgIpc) is 3.54. The summed E-state index contributed by atoms with van der Waals surface area (Å²) in [5, 5.41) is 11.2. The molecule has 2 heterocycles. The Bertz CT molecular complexity index is 1610. The lowest BCUT2D eigenvalue weighted by Crippen LogP contribution is -2.52. The summed E-state index contributed by atoms with van der Waals surface area (Å²) >= 11 is 6.93. The molecule has 0 aliphatic carbocycles. The first-order valence-electron chi connectivity index (χ1n) is 17.3. The van der Waals surface area contributed by atoms with E-state index in [0.29, 0.717) is 62.0 Å². The van der Waals surface area contributed by atoms with Gasteiger partial charge in [0.2, 0.25) is 5.91 Å². The van der Waals surface area contributed by atoms with E-state index >= 15 is 0 Å². The molecule has 1 aliphatic heterocycles. The van der Waals surface area contributed by atoms with Crippen LogP contribution in [0.25, 0.3) is 10.8 Å². The van der Waals surface area contributed by atoms with Crippen LogP contribution in [0.5, 0.6) is 5.75 Å². The fraction of sp³-hybridized carbons (Fsp3) is 0.500. The summed E-state index contributed by atoms with van der Waals surface area (Å²) in [4.78, 5) is 20.0. The number of amides is 1. The number of aromatic nitrogens is 3. The molecule has 3 aromatic carbocycles. The molecular weight excluding hydrogens is 624 g/mol. The fourth-order valence-corrected chi connectivity index (χ4v) is 6.58. The SMILES string of the molecule is CCn1cc(COc2ccc([C@H](CN3CCN(C(=O)CN(CC(C)C)CC(C)C)CC3)OCc3ccc4ccccc4c3)c(Cl)c2)nn1. The third-order valence-corrected chi connectivity index (χ3v) is 8.96. The average molecular weight is 675 g/mol. The van der Waals surface area contributed by atoms with Crippen LogP contribution >= 0.6 is 11.6 Å². The molecule has 0 saturated carbocycles. The first-order chi connectivity index (χ1) is 23.2. The molecule has 0 spiro atoms. The van der Waals surface area contributed by atoms with Crippen LogP contribution in [0.1, 0.15) is 57.5 Å². The van der Waals surface area contributed by atoms with Crippen molar-refractivity contribution in [3.8, 4) is 5.75 Å². The van der Waals surface area contributed by atoms with Crippen LogP contribution in [0.15, 0.2) is 66.9 Å². The van der Waals surface area contributed by atoms with Crippen LogP contribution in [-0.4, -0.2) is 88.0 Å². The maximum Gasteiger partial charge on any atom is 0.236 e. The van der Waals surface area contributed by atoms with E-state index < -0.39 is 0 Å². The van der Waals surface area contributed by atoms with E-state index in [0.717, 1.165) is 49.5 Å². The molecular formula is C38H51ClN6O3. The zero-order valence-electron chi connectivity index (χ0n) is 29.1. The smallest absolute Gasteiger partial charge is 0.236 e. The lowest BCUT2D eigenvalue weighted by Gasteiger charge is -2.37. The predicted octanol–water partition coefficient (Wildman–Crippen LogP) is 6.70. The van der Waals surface area contributed by atoms with Crippen LogP contribution in [0.4, 0.5) is 0 Å². The standard InChI is InChI=1S/C38H51ClN6O3/c1-6-45-23-33(40-41-45)27-47-34-13-14-35(36(39)20-34)37(48-26-30-11-12-31-9-7-8-10-32(31)19-30)24-42-15-17-44(18-16-42)38(46)25-43(21-28(2)3)22-29(4)5/h7-14,19-20,23,28-29,37H,6,15-18,21-22,24-27H2,1-5H3/t37-/m0/s1. The van der Waals surface area contributed by atoms with Crippen LogP contribution in [0.3, 0.4) is 0 Å². The minimum atomic E-state index is -0.266. The molecule has 0 unspecified atom stereocenters. The molecule has 4 aromatic rings. The van der Waals surface area contributed by atoms with Crippen LogP contribution in [0, 0.1) is 11.8 Å². The summed E-state index contributed by atoms with van der Waals surface area (Å²) < 4.78 is 14.4. The number of carbonyl (C=O) groups excluding carboxylic acids is 1. The van der Waals surface area contributed by atoms with Crippen molar-refractivity contribution < 1.29 is 14.3 Å². The summed E-state index contributed by atoms with van der Waals surface area (Å²) in [6, 6.07) is 20.6. The number of piperazine rings is 1. The Labute approximate surface area is 290 Å². The van der Waals surface area contributed by atoms with Crippen molar-refractivity contribution in [1.82, 2.24) is 29.7 Å². The molecule has 10 heteroatoms. The lowest BCUT2D eigenvalue weighted by atomic mass is 10.1. The molecule has 9 nitrogen and oxygen atoms in total. The van der Waals surface area contributed by atoms with Crippen molar-refractivity contribution >= 4 is 28.3 Å². The van der Waals surface area contributed by atoms with Crippen molar-refractivity contribution in [2.45, 2.75) is 60.5 Å². The molecule has 258 valence electrons. The number of rotatable bonds is 16. The summed E-state index contributed by atoms with van der Waals surface area (Å²) in [7, 11) is 0. The third kappa shape index (κ3) is 10.3. The van der Waals surface area contributed by atoms with Crippen molar-refractivity contribution in [2.24, 2.45) is 11.8 Å². The number of carbonyl (C=O) groups is 1. The van der Waals surface area contributed by atoms with Crippen molar-refractivity contribution in [3.63, 3.8) is 0 Å². The van der Waals surface area contributed by atoms with Gasteiger partial charge in [0.1, 0.15) is 18.1 Å². The first kappa shape index (κ1) is 35.8. The molecule has 0 bridgehead atoms. The largest absolute Gasteiger partial charge is 0.487 e. The van der Waals surface area contributed by atoms with Gasteiger partial charge in [0.25, 0.3) is 0 Å². The molecule has 1 saturated heterocycles. The molecule has 0 radical (unpaired) electrons. The highest BCUT2D eigenvalue weighted by Crippen LogP contribution is 2.32. The topological polar surface area (TPSA) is 76.0 Å². The Kier molecular flexibility index (Phi) is 12.9. The predicted molar refractivity (Wildman–Crippen MR) is 192 cm³/mol. The number of fused-ring (bicyclic) bond motifs is 1. The van der Waals surface area contributed by atoms with Crippen molar-refractivity contribution in [3.05, 3.63) is 88.7 Å². The number of hydrogen-bond acceptors (Lipinski definition) is 7. The molecule has 48 heavy (non-hydrogen) atoms. The maximum absolute atomic E-state index is 13.3. The number of halogens is 1. The van der Waals surface area contributed by atoms with Gasteiger partial charge in [-0.25, -0.2) is 0 Å². The number of nitrogens with zero attached hydrogens (tertiary/aromatic N) is 6. The number of benzene rings is 3. The van der Waals surface area contributed by atoms with Crippen molar-refractivity contribution in [2.75, 3.05) is 52.4 Å². The zero-order chi connectivity index (χ0) is 34.0. The second kappa shape index (κ2) is 17.2. The molecule has 0 N–H and O–H groups in total. The number of ether oxygens (including phenoxy) is 2. The molecule has 1 atom stereocenters. The monoisotopic (exact) mass is 674 g/mol. The van der Waals surface area contributed by atoms with Crippen LogP contribution < -0.4 is 4.74 Å². The zero-order valence-corrected chi connectivity index (χ0v) is 29.9. The van der Waals surface area contributed by atoms with E-state index in [2.05, 4.69) is 90.3 Å². The van der Waals surface area contributed by atoms with Crippen molar-refractivity contribution in [1.29, 1.82) is 0 Å². The quantitative estimate of drug-likeness (QED) is 0.131. The Hall–Kier alpha value is -3.50. The lowest BCUT2D eigenvalue weighted by molar-refractivity contribution is -0.134. The van der Waals surface area contributed by atoms with E-state index in [4.69, 9.17) is 21.1 Å². The second-order valence-corrected chi connectivity index (χ2v) is 14.1. The van der Waals surface area contributed by atoms with Gasteiger partial charge >= 0.3 is 0 Å². The first-order valence-corrected chi connectivity index (χ1v) is 17.7. The summed E-state index contributed by atoms with van der Waals surface area (Å²) in [6.07, 6.45) is 1.62. The molecule has 1 amide bonds. The third-order valence-electron chi connectivity index (χ3n) is 8.64. The molecule has 1 aliphatic rings. The van der Waals surface area contributed by atoms with Gasteiger partial charge in [0.05, 0.1) is 30.5 Å². The summed E-state index contributed by atoms with van der Waals surface area (Å²) in [5.41, 5.74) is 2.79. The van der Waals surface area contributed by atoms with Gasteiger partial charge in [-0.3, -0.25) is 19.3 Å². The van der Waals surface area contributed by atoms with E-state index in [1.54, 1.807) is 4.68 Å². The normalized spacial score (nSPS) is 14.8. The van der Waals surface area contributed by atoms with E-state index in [9.17, 15) is 4.79 Å². The van der Waals surface area contributed by atoms with Crippen LogP contribution in [-0.2, 0) is 29.3 Å². The highest BCUT2D eigenvalue weighted by Gasteiger charge is 2.27. The van der Waals surface area contributed by atoms with Gasteiger partial charge in [0, 0.05) is 57.9 Å². The van der Waals surface area contributed by atoms with E-state index in [-0.39, 0.29) is 12.0 Å². The minimum Gasteiger partial charge on any atom is -0.487 e. The fourth-order valence-electron chi connectivity index (χ4n) is 6.28. The van der Waals surface area contributed by atoms with Gasteiger partial charge in [-0.2, -0.15) is 0 Å². The van der Waals surface area contributed by atoms with Gasteiger partial charge in [-0.1, -0.05) is 87.0 Å². The van der Waals surface area contributed by atoms with E-state index in [1.807, 2.05) is 36.2 Å². The Morgan fingerprint density at radius 1 is 0.917 bits per heavy atom. The summed E-state index contributed by atoms with van der Waals surface area (Å²) in [6.45, 7) is 18.4. The highest BCUT2D eigenvalue weighted by atomic mass is 35.5. The number of hydrogen-bond donors (Lipinski definition) is 0. The second-order valence-electron chi connectivity index (χ2n) is 13.7. The Balaban J connectivity index is 1.24. The van der Waals surface area contributed by atoms with E-state index in [1.165, 1.54) is 10.8 Å². The Morgan fingerprint density at radius 2 is 1.65 bits per heavy atom. The van der Waals surface area contributed by atoms with Gasteiger partial charge < -0.3 is 14.4 Å². The van der Waals surface area contributed by atoms with Gasteiger partial charge in [-0.05, 0) is 53.3 Å². The Morgan fingerprint density at radius 3 is 2.31 bits per heavy atom. The molecule has 1 aromatic heterocycles. The molecule has 5 rings (SSSR count). The highest BCUT2D eigenvalue weighted by molar-refractivity contribution is 6.31. The van der Waals surface area contributed by atoms with Gasteiger partial charge in [-0.15, -0.1) is 5.10 Å². The molecule has 1 fully saturated rings. The van der Waals surface area contributed by atoms with Gasteiger partial charge in [0.15, 0.2) is 0 Å². The number of aryl methyl sites for hydroxylation is 1.